The monoisotopic (exact) mass is 292 g/mol. The number of ether oxygens (including phenoxy) is 2. The Labute approximate surface area is 121 Å². The van der Waals surface area contributed by atoms with E-state index in [1.807, 2.05) is 0 Å². The van der Waals surface area contributed by atoms with Crippen molar-refractivity contribution < 1.29 is 14.3 Å². The summed E-state index contributed by atoms with van der Waals surface area (Å²) in [4.78, 5) is 16.0. The van der Waals surface area contributed by atoms with Gasteiger partial charge in [-0.2, -0.15) is 0 Å². The SMILES string of the molecule is COc1cc(OC)c(NC(=O)c2cccnc2)cc1Cl. The molecule has 0 aliphatic rings. The second-order valence-corrected chi connectivity index (χ2v) is 4.29. The molecule has 0 spiro atoms. The number of pyridine rings is 1. The fourth-order valence-electron chi connectivity index (χ4n) is 1.65. The summed E-state index contributed by atoms with van der Waals surface area (Å²) in [5, 5.41) is 3.11. The van der Waals surface area contributed by atoms with E-state index in [1.54, 1.807) is 30.5 Å². The van der Waals surface area contributed by atoms with Crippen molar-refractivity contribution >= 4 is 23.2 Å². The molecule has 0 fully saturated rings. The summed E-state index contributed by atoms with van der Waals surface area (Å²) < 4.78 is 10.3. The van der Waals surface area contributed by atoms with Crippen molar-refractivity contribution in [2.45, 2.75) is 0 Å². The minimum atomic E-state index is -0.294. The molecule has 2 rings (SSSR count). The minimum absolute atomic E-state index is 0.294. The van der Waals surface area contributed by atoms with Crippen LogP contribution in [0, 0.1) is 0 Å². The van der Waals surface area contributed by atoms with E-state index in [-0.39, 0.29) is 5.91 Å². The third-order valence-corrected chi connectivity index (χ3v) is 2.94. The summed E-state index contributed by atoms with van der Waals surface area (Å²) in [6.07, 6.45) is 3.08. The lowest BCUT2D eigenvalue weighted by Crippen LogP contribution is -2.13. The maximum Gasteiger partial charge on any atom is 0.257 e. The Morgan fingerprint density at radius 3 is 2.60 bits per heavy atom. The summed E-state index contributed by atoms with van der Waals surface area (Å²) in [6, 6.07) is 6.54. The molecule has 2 aromatic rings. The number of carbonyl (C=O) groups excluding carboxylic acids is 1. The summed E-state index contributed by atoms with van der Waals surface area (Å²) >= 11 is 6.04. The Morgan fingerprint density at radius 2 is 2.00 bits per heavy atom. The molecule has 0 saturated carbocycles. The number of anilines is 1. The Hall–Kier alpha value is -2.27. The van der Waals surface area contributed by atoms with Gasteiger partial charge >= 0.3 is 0 Å². The van der Waals surface area contributed by atoms with E-state index in [2.05, 4.69) is 10.3 Å². The highest BCUT2D eigenvalue weighted by molar-refractivity contribution is 6.32. The Morgan fingerprint density at radius 1 is 1.25 bits per heavy atom. The van der Waals surface area contributed by atoms with E-state index in [0.717, 1.165) is 0 Å². The molecule has 0 saturated heterocycles. The molecule has 1 heterocycles. The number of rotatable bonds is 4. The molecule has 0 atom stereocenters. The van der Waals surface area contributed by atoms with Crippen LogP contribution in [0.25, 0.3) is 0 Å². The van der Waals surface area contributed by atoms with Crippen molar-refractivity contribution in [3.05, 3.63) is 47.2 Å². The first-order valence-electron chi connectivity index (χ1n) is 5.78. The first-order chi connectivity index (χ1) is 9.65. The number of hydrogen-bond donors (Lipinski definition) is 1. The lowest BCUT2D eigenvalue weighted by atomic mass is 10.2. The number of methoxy groups -OCH3 is 2. The van der Waals surface area contributed by atoms with Gasteiger partial charge in [-0.1, -0.05) is 11.6 Å². The molecular weight excluding hydrogens is 280 g/mol. The van der Waals surface area contributed by atoms with E-state index in [4.69, 9.17) is 21.1 Å². The number of nitrogens with one attached hydrogen (secondary N) is 1. The van der Waals surface area contributed by atoms with E-state index in [0.29, 0.717) is 27.8 Å². The predicted molar refractivity (Wildman–Crippen MR) is 76.7 cm³/mol. The van der Waals surface area contributed by atoms with Crippen LogP contribution in [0.4, 0.5) is 5.69 Å². The third-order valence-electron chi connectivity index (χ3n) is 2.65. The Bertz CT molecular complexity index is 617. The van der Waals surface area contributed by atoms with Crippen LogP contribution in [-0.2, 0) is 0 Å². The highest BCUT2D eigenvalue weighted by Crippen LogP contribution is 2.36. The lowest BCUT2D eigenvalue weighted by molar-refractivity contribution is 0.102. The maximum atomic E-state index is 12.1. The molecule has 104 valence electrons. The van der Waals surface area contributed by atoms with E-state index >= 15 is 0 Å². The predicted octanol–water partition coefficient (Wildman–Crippen LogP) is 3.00. The van der Waals surface area contributed by atoms with Crippen molar-refractivity contribution in [3.63, 3.8) is 0 Å². The zero-order chi connectivity index (χ0) is 14.5. The number of nitrogens with zero attached hydrogens (tertiary/aromatic N) is 1. The summed E-state index contributed by atoms with van der Waals surface area (Å²) in [5.41, 5.74) is 0.911. The van der Waals surface area contributed by atoms with Crippen molar-refractivity contribution in [2.75, 3.05) is 19.5 Å². The molecule has 0 unspecified atom stereocenters. The van der Waals surface area contributed by atoms with Crippen LogP contribution >= 0.6 is 11.6 Å². The molecule has 0 aliphatic carbocycles. The summed E-state index contributed by atoms with van der Waals surface area (Å²) in [7, 11) is 3.01. The van der Waals surface area contributed by atoms with Crippen LogP contribution < -0.4 is 14.8 Å². The molecule has 1 N–H and O–H groups in total. The third kappa shape index (κ3) is 3.00. The van der Waals surface area contributed by atoms with Crippen LogP contribution in [-0.4, -0.2) is 25.1 Å². The first kappa shape index (κ1) is 14.1. The number of aromatic nitrogens is 1. The number of hydrogen-bond acceptors (Lipinski definition) is 4. The van der Waals surface area contributed by atoms with Crippen LogP contribution in [0.1, 0.15) is 10.4 Å². The largest absolute Gasteiger partial charge is 0.495 e. The van der Waals surface area contributed by atoms with E-state index < -0.39 is 0 Å². The molecule has 20 heavy (non-hydrogen) atoms. The number of benzene rings is 1. The fraction of sp³-hybridized carbons (Fsp3) is 0.143. The van der Waals surface area contributed by atoms with Gasteiger partial charge in [0.2, 0.25) is 0 Å². The van der Waals surface area contributed by atoms with Crippen molar-refractivity contribution in [2.24, 2.45) is 0 Å². The first-order valence-corrected chi connectivity index (χ1v) is 6.16. The number of halogens is 1. The molecule has 1 amide bonds. The molecule has 1 aromatic carbocycles. The van der Waals surface area contributed by atoms with Crippen LogP contribution in [0.5, 0.6) is 11.5 Å². The molecular formula is C14H13ClN2O3. The van der Waals surface area contributed by atoms with Gasteiger partial charge in [-0.25, -0.2) is 0 Å². The van der Waals surface area contributed by atoms with Gasteiger partial charge in [0.05, 0.1) is 30.5 Å². The normalized spacial score (nSPS) is 9.95. The zero-order valence-corrected chi connectivity index (χ0v) is 11.8. The van der Waals surface area contributed by atoms with E-state index in [9.17, 15) is 4.79 Å². The van der Waals surface area contributed by atoms with E-state index in [1.165, 1.54) is 20.4 Å². The molecule has 5 nitrogen and oxygen atoms in total. The van der Waals surface area contributed by atoms with Crippen LogP contribution in [0.15, 0.2) is 36.7 Å². The quantitative estimate of drug-likeness (QED) is 0.941. The minimum Gasteiger partial charge on any atom is -0.495 e. The molecule has 6 heteroatoms. The van der Waals surface area contributed by atoms with Gasteiger partial charge < -0.3 is 14.8 Å². The lowest BCUT2D eigenvalue weighted by Gasteiger charge is -2.13. The van der Waals surface area contributed by atoms with Gasteiger partial charge in [0.25, 0.3) is 5.91 Å². The van der Waals surface area contributed by atoms with Gasteiger partial charge in [0, 0.05) is 18.5 Å². The number of amides is 1. The highest BCUT2D eigenvalue weighted by Gasteiger charge is 2.13. The molecule has 0 aliphatic heterocycles. The fourth-order valence-corrected chi connectivity index (χ4v) is 1.89. The number of carbonyl (C=O) groups is 1. The van der Waals surface area contributed by atoms with Gasteiger partial charge in [-0.15, -0.1) is 0 Å². The summed E-state index contributed by atoms with van der Waals surface area (Å²) in [5.74, 6) is 0.643. The average molecular weight is 293 g/mol. The maximum absolute atomic E-state index is 12.1. The van der Waals surface area contributed by atoms with Crippen LogP contribution in [0.3, 0.4) is 0 Å². The van der Waals surface area contributed by atoms with Gasteiger partial charge in [0.15, 0.2) is 0 Å². The molecule has 1 aromatic heterocycles. The van der Waals surface area contributed by atoms with Crippen molar-refractivity contribution in [1.29, 1.82) is 0 Å². The second kappa shape index (κ2) is 6.25. The topological polar surface area (TPSA) is 60.5 Å². The summed E-state index contributed by atoms with van der Waals surface area (Å²) in [6.45, 7) is 0. The Balaban J connectivity index is 2.29. The van der Waals surface area contributed by atoms with Gasteiger partial charge in [-0.05, 0) is 18.2 Å². The van der Waals surface area contributed by atoms with Crippen molar-refractivity contribution in [3.8, 4) is 11.5 Å². The molecule has 0 bridgehead atoms. The van der Waals surface area contributed by atoms with Crippen LogP contribution in [0.2, 0.25) is 5.02 Å². The average Bonchev–Trinajstić information content (AvgIpc) is 2.48. The molecule has 0 radical (unpaired) electrons. The smallest absolute Gasteiger partial charge is 0.257 e. The highest BCUT2D eigenvalue weighted by atomic mass is 35.5. The van der Waals surface area contributed by atoms with Gasteiger partial charge in [-0.3, -0.25) is 9.78 Å². The standard InChI is InChI=1S/C14H13ClN2O3/c1-19-12-7-13(20-2)11(6-10(12)15)17-14(18)9-4-3-5-16-8-9/h3-8H,1-2H3,(H,17,18). The second-order valence-electron chi connectivity index (χ2n) is 3.88. The van der Waals surface area contributed by atoms with Crippen molar-refractivity contribution in [1.82, 2.24) is 4.98 Å². The zero-order valence-electron chi connectivity index (χ0n) is 11.0. The Kier molecular flexibility index (Phi) is 4.42. The van der Waals surface area contributed by atoms with Gasteiger partial charge in [0.1, 0.15) is 11.5 Å².